The van der Waals surface area contributed by atoms with Gasteiger partial charge in [-0.15, -0.1) is 0 Å². The summed E-state index contributed by atoms with van der Waals surface area (Å²) in [5.74, 6) is 3.73. The van der Waals surface area contributed by atoms with Crippen molar-refractivity contribution < 1.29 is 4.74 Å². The van der Waals surface area contributed by atoms with Crippen LogP contribution in [0.5, 0.6) is 5.75 Å². The highest BCUT2D eigenvalue weighted by atomic mass is 79.9. The van der Waals surface area contributed by atoms with Gasteiger partial charge in [0.05, 0.1) is 7.11 Å². The van der Waals surface area contributed by atoms with E-state index in [0.29, 0.717) is 6.04 Å². The Kier molecular flexibility index (Phi) is 3.86. The number of fused-ring (bicyclic) bond motifs is 1. The fourth-order valence-electron chi connectivity index (χ4n) is 3.99. The molecule has 1 aromatic rings. The second kappa shape index (κ2) is 5.45. The molecule has 19 heavy (non-hydrogen) atoms. The molecule has 0 saturated heterocycles. The Hall–Kier alpha value is -0.540. The summed E-state index contributed by atoms with van der Waals surface area (Å²) in [7, 11) is 1.77. The Morgan fingerprint density at radius 1 is 1.37 bits per heavy atom. The van der Waals surface area contributed by atoms with E-state index in [4.69, 9.17) is 4.74 Å². The van der Waals surface area contributed by atoms with Gasteiger partial charge in [-0.25, -0.2) is 0 Å². The molecule has 1 aromatic carbocycles. The molecule has 0 heterocycles. The number of rotatable bonds is 5. The summed E-state index contributed by atoms with van der Waals surface area (Å²) < 4.78 is 6.70. The lowest BCUT2D eigenvalue weighted by molar-refractivity contribution is 0.377. The van der Waals surface area contributed by atoms with Crippen LogP contribution in [0.3, 0.4) is 0 Å². The van der Waals surface area contributed by atoms with Crippen molar-refractivity contribution in [2.45, 2.75) is 32.2 Å². The maximum absolute atomic E-state index is 5.57. The van der Waals surface area contributed by atoms with Gasteiger partial charge in [-0.1, -0.05) is 29.3 Å². The first-order valence-electron chi connectivity index (χ1n) is 7.33. The Morgan fingerprint density at radius 2 is 2.11 bits per heavy atom. The van der Waals surface area contributed by atoms with Crippen molar-refractivity contribution in [3.63, 3.8) is 0 Å². The standard InChI is InChI=1S/C16H22BrNO/c1-3-18-16(15-11-5-4-6-12(11)15)13-9-10(17)7-8-14(13)19-2/h7-9,11-12,15-16,18H,3-6H2,1-2H3. The highest BCUT2D eigenvalue weighted by molar-refractivity contribution is 9.10. The lowest BCUT2D eigenvalue weighted by Gasteiger charge is -2.23. The molecule has 104 valence electrons. The molecule has 2 aliphatic rings. The molecule has 1 N–H and O–H groups in total. The van der Waals surface area contributed by atoms with Crippen molar-refractivity contribution in [1.29, 1.82) is 0 Å². The first-order chi connectivity index (χ1) is 9.26. The minimum absolute atomic E-state index is 0.452. The summed E-state index contributed by atoms with van der Waals surface area (Å²) in [6.45, 7) is 3.20. The molecule has 0 radical (unpaired) electrons. The third kappa shape index (κ3) is 2.43. The lowest BCUT2D eigenvalue weighted by Crippen LogP contribution is -2.25. The molecule has 3 atom stereocenters. The van der Waals surface area contributed by atoms with E-state index in [-0.39, 0.29) is 0 Å². The second-order valence-electron chi connectivity index (χ2n) is 5.76. The molecule has 0 aromatic heterocycles. The molecule has 2 fully saturated rings. The summed E-state index contributed by atoms with van der Waals surface area (Å²) in [5, 5.41) is 3.69. The first kappa shape index (κ1) is 13.4. The summed E-state index contributed by atoms with van der Waals surface area (Å²) in [4.78, 5) is 0. The van der Waals surface area contributed by atoms with Gasteiger partial charge < -0.3 is 10.1 Å². The van der Waals surface area contributed by atoms with Crippen molar-refractivity contribution in [1.82, 2.24) is 5.32 Å². The topological polar surface area (TPSA) is 21.3 Å². The van der Waals surface area contributed by atoms with Gasteiger partial charge in [-0.05, 0) is 55.3 Å². The smallest absolute Gasteiger partial charge is 0.123 e. The normalized spacial score (nSPS) is 29.9. The molecule has 2 nitrogen and oxygen atoms in total. The van der Waals surface area contributed by atoms with E-state index in [1.807, 2.05) is 0 Å². The monoisotopic (exact) mass is 323 g/mol. The zero-order valence-electron chi connectivity index (χ0n) is 11.7. The highest BCUT2D eigenvalue weighted by Crippen LogP contribution is 2.62. The van der Waals surface area contributed by atoms with Crippen LogP contribution in [0, 0.1) is 17.8 Å². The van der Waals surface area contributed by atoms with Gasteiger partial charge >= 0.3 is 0 Å². The third-order valence-corrected chi connectivity index (χ3v) is 5.30. The molecule has 3 heteroatoms. The van der Waals surface area contributed by atoms with Gasteiger partial charge in [-0.2, -0.15) is 0 Å². The predicted octanol–water partition coefficient (Wildman–Crippen LogP) is 4.15. The molecule has 0 aliphatic heterocycles. The number of benzene rings is 1. The molecule has 3 unspecified atom stereocenters. The molecule has 3 rings (SSSR count). The fourth-order valence-corrected chi connectivity index (χ4v) is 4.37. The Labute approximate surface area is 124 Å². The largest absolute Gasteiger partial charge is 0.496 e. The van der Waals surface area contributed by atoms with E-state index in [2.05, 4.69) is 46.4 Å². The average molecular weight is 324 g/mol. The summed E-state index contributed by atoms with van der Waals surface area (Å²) in [6, 6.07) is 6.80. The van der Waals surface area contributed by atoms with Crippen molar-refractivity contribution in [2.24, 2.45) is 17.8 Å². The van der Waals surface area contributed by atoms with E-state index in [0.717, 1.165) is 34.5 Å². The molecule has 0 bridgehead atoms. The van der Waals surface area contributed by atoms with E-state index < -0.39 is 0 Å². The van der Waals surface area contributed by atoms with E-state index in [1.165, 1.54) is 24.8 Å². The summed E-state index contributed by atoms with van der Waals surface area (Å²) >= 11 is 3.59. The molecular weight excluding hydrogens is 302 g/mol. The van der Waals surface area contributed by atoms with Crippen LogP contribution >= 0.6 is 15.9 Å². The van der Waals surface area contributed by atoms with Crippen LogP contribution in [0.2, 0.25) is 0 Å². The number of hydrogen-bond acceptors (Lipinski definition) is 2. The van der Waals surface area contributed by atoms with E-state index in [9.17, 15) is 0 Å². The van der Waals surface area contributed by atoms with Gasteiger partial charge in [0.1, 0.15) is 5.75 Å². The van der Waals surface area contributed by atoms with E-state index >= 15 is 0 Å². The minimum Gasteiger partial charge on any atom is -0.496 e. The van der Waals surface area contributed by atoms with Gasteiger partial charge in [-0.3, -0.25) is 0 Å². The summed E-state index contributed by atoms with van der Waals surface area (Å²) in [5.41, 5.74) is 1.32. The Balaban J connectivity index is 1.89. The SMILES string of the molecule is CCNC(c1cc(Br)ccc1OC)C1C2CCCC21. The molecule has 0 spiro atoms. The van der Waals surface area contributed by atoms with Crippen LogP contribution in [-0.4, -0.2) is 13.7 Å². The zero-order chi connectivity index (χ0) is 13.4. The van der Waals surface area contributed by atoms with Gasteiger partial charge in [0.15, 0.2) is 0 Å². The third-order valence-electron chi connectivity index (χ3n) is 4.81. The van der Waals surface area contributed by atoms with Crippen LogP contribution in [0.4, 0.5) is 0 Å². The fraction of sp³-hybridized carbons (Fsp3) is 0.625. The van der Waals surface area contributed by atoms with Crippen LogP contribution in [0.25, 0.3) is 0 Å². The quantitative estimate of drug-likeness (QED) is 0.878. The van der Waals surface area contributed by atoms with E-state index in [1.54, 1.807) is 7.11 Å². The zero-order valence-corrected chi connectivity index (χ0v) is 13.2. The lowest BCUT2D eigenvalue weighted by atomic mass is 9.96. The summed E-state index contributed by atoms with van der Waals surface area (Å²) in [6.07, 6.45) is 4.28. The average Bonchev–Trinajstić information content (AvgIpc) is 2.87. The number of halogens is 1. The molecule has 2 aliphatic carbocycles. The van der Waals surface area contributed by atoms with Crippen molar-refractivity contribution in [3.05, 3.63) is 28.2 Å². The predicted molar refractivity (Wildman–Crippen MR) is 81.4 cm³/mol. The van der Waals surface area contributed by atoms with Crippen LogP contribution in [-0.2, 0) is 0 Å². The second-order valence-corrected chi connectivity index (χ2v) is 6.67. The van der Waals surface area contributed by atoms with Crippen LogP contribution in [0.15, 0.2) is 22.7 Å². The number of nitrogens with one attached hydrogen (secondary N) is 1. The Morgan fingerprint density at radius 3 is 2.74 bits per heavy atom. The minimum atomic E-state index is 0.452. The Bertz CT molecular complexity index is 452. The van der Waals surface area contributed by atoms with Gasteiger partial charge in [0, 0.05) is 16.1 Å². The van der Waals surface area contributed by atoms with Crippen molar-refractivity contribution in [3.8, 4) is 5.75 Å². The molecule has 2 saturated carbocycles. The van der Waals surface area contributed by atoms with Crippen LogP contribution in [0.1, 0.15) is 37.8 Å². The van der Waals surface area contributed by atoms with Crippen LogP contribution < -0.4 is 10.1 Å². The van der Waals surface area contributed by atoms with Crippen molar-refractivity contribution >= 4 is 15.9 Å². The number of methoxy groups -OCH3 is 1. The first-order valence-corrected chi connectivity index (χ1v) is 8.12. The molecule has 0 amide bonds. The van der Waals surface area contributed by atoms with Gasteiger partial charge in [0.25, 0.3) is 0 Å². The number of ether oxygens (including phenoxy) is 1. The highest BCUT2D eigenvalue weighted by Gasteiger charge is 2.56. The maximum atomic E-state index is 5.57. The van der Waals surface area contributed by atoms with Crippen molar-refractivity contribution in [2.75, 3.05) is 13.7 Å². The van der Waals surface area contributed by atoms with Gasteiger partial charge in [0.2, 0.25) is 0 Å². The maximum Gasteiger partial charge on any atom is 0.123 e. The number of hydrogen-bond donors (Lipinski definition) is 1. The molecular formula is C16H22BrNO.